The second-order valence-electron chi connectivity index (χ2n) is 6.34. The molecule has 4 aromatic rings. The summed E-state index contributed by atoms with van der Waals surface area (Å²) < 4.78 is 2.47. The van der Waals surface area contributed by atoms with Crippen LogP contribution in [0.3, 0.4) is 0 Å². The van der Waals surface area contributed by atoms with Gasteiger partial charge in [0.15, 0.2) is 5.16 Å². The predicted octanol–water partition coefficient (Wildman–Crippen LogP) is 4.56. The maximum Gasteiger partial charge on any atom is 0.278 e. The van der Waals surface area contributed by atoms with Gasteiger partial charge in [0.05, 0.1) is 5.75 Å². The molecule has 0 radical (unpaired) electrons. The van der Waals surface area contributed by atoms with Crippen LogP contribution in [-0.4, -0.2) is 26.2 Å². The van der Waals surface area contributed by atoms with Gasteiger partial charge in [0, 0.05) is 27.6 Å². The molecular formula is C21H17BrN4O2S. The van der Waals surface area contributed by atoms with Crippen LogP contribution in [0.1, 0.15) is 0 Å². The molecule has 2 heterocycles. The number of hydrogen-bond donors (Lipinski definition) is 2. The van der Waals surface area contributed by atoms with Crippen molar-refractivity contribution in [1.82, 2.24) is 14.5 Å². The molecule has 1 amide bonds. The molecule has 0 saturated heterocycles. The number of halogens is 1. The summed E-state index contributed by atoms with van der Waals surface area (Å²) in [7, 11) is 0. The molecule has 2 aromatic carbocycles. The predicted molar refractivity (Wildman–Crippen MR) is 122 cm³/mol. The molecule has 29 heavy (non-hydrogen) atoms. The normalized spacial score (nSPS) is 11.1. The maximum atomic E-state index is 13.0. The molecule has 6 nitrogen and oxygen atoms in total. The Labute approximate surface area is 179 Å². The number of carbonyl (C=O) groups excluding carboxylic acids is 1. The van der Waals surface area contributed by atoms with E-state index in [9.17, 15) is 9.59 Å². The molecule has 0 aliphatic carbocycles. The Hall–Kier alpha value is -2.84. The zero-order chi connectivity index (χ0) is 20.4. The van der Waals surface area contributed by atoms with E-state index in [2.05, 4.69) is 32.8 Å². The zero-order valence-electron chi connectivity index (χ0n) is 15.3. The van der Waals surface area contributed by atoms with Crippen LogP contribution in [0.15, 0.2) is 75.6 Å². The lowest BCUT2D eigenvalue weighted by Gasteiger charge is -2.10. The van der Waals surface area contributed by atoms with Crippen molar-refractivity contribution in [1.29, 1.82) is 0 Å². The highest BCUT2D eigenvalue weighted by atomic mass is 79.9. The van der Waals surface area contributed by atoms with Gasteiger partial charge in [-0.3, -0.25) is 14.2 Å². The van der Waals surface area contributed by atoms with E-state index < -0.39 is 0 Å². The maximum absolute atomic E-state index is 13.0. The minimum Gasteiger partial charge on any atom is -0.349 e. The fourth-order valence-electron chi connectivity index (χ4n) is 3.04. The number of benzene rings is 2. The van der Waals surface area contributed by atoms with E-state index in [4.69, 9.17) is 4.98 Å². The summed E-state index contributed by atoms with van der Waals surface area (Å²) in [5.74, 6) is -0.0382. The third kappa shape index (κ3) is 3.99. The fraction of sp³-hybridized carbons (Fsp3) is 0.0952. The molecule has 2 N–H and O–H groups in total. The molecule has 146 valence electrons. The number of nitrogens with one attached hydrogen (secondary N) is 2. The first-order chi connectivity index (χ1) is 14.1. The number of aromatic amines is 1. The number of carbonyl (C=O) groups is 1. The Morgan fingerprint density at radius 2 is 2.00 bits per heavy atom. The number of fused-ring (bicyclic) bond motifs is 3. The molecule has 0 bridgehead atoms. The van der Waals surface area contributed by atoms with Crippen molar-refractivity contribution in [3.05, 3.63) is 76.0 Å². The number of rotatable bonds is 6. The van der Waals surface area contributed by atoms with Gasteiger partial charge in [-0.1, -0.05) is 52.0 Å². The Morgan fingerprint density at radius 3 is 2.76 bits per heavy atom. The topological polar surface area (TPSA) is 79.8 Å². The lowest BCUT2D eigenvalue weighted by molar-refractivity contribution is -0.113. The Morgan fingerprint density at radius 1 is 1.24 bits per heavy atom. The van der Waals surface area contributed by atoms with Crippen LogP contribution in [0.5, 0.6) is 0 Å². The van der Waals surface area contributed by atoms with Gasteiger partial charge in [-0.15, -0.1) is 6.58 Å². The number of aromatic nitrogens is 3. The molecule has 0 saturated carbocycles. The molecule has 2 aromatic heterocycles. The van der Waals surface area contributed by atoms with Crippen molar-refractivity contribution < 1.29 is 4.79 Å². The van der Waals surface area contributed by atoms with Gasteiger partial charge in [-0.25, -0.2) is 4.98 Å². The van der Waals surface area contributed by atoms with Crippen molar-refractivity contribution in [2.75, 3.05) is 11.1 Å². The van der Waals surface area contributed by atoms with Gasteiger partial charge in [-0.2, -0.15) is 0 Å². The van der Waals surface area contributed by atoms with Gasteiger partial charge in [-0.05, 0) is 30.3 Å². The molecule has 0 spiro atoms. The highest BCUT2D eigenvalue weighted by Gasteiger charge is 2.16. The molecule has 0 atom stereocenters. The first-order valence-electron chi connectivity index (χ1n) is 8.87. The summed E-state index contributed by atoms with van der Waals surface area (Å²) in [6.07, 6.45) is 1.64. The van der Waals surface area contributed by atoms with E-state index in [0.29, 0.717) is 28.4 Å². The minimum absolute atomic E-state index is 0.132. The van der Waals surface area contributed by atoms with Gasteiger partial charge >= 0.3 is 0 Å². The summed E-state index contributed by atoms with van der Waals surface area (Å²) in [6.45, 7) is 4.04. The highest BCUT2D eigenvalue weighted by molar-refractivity contribution is 9.10. The fourth-order valence-corrected chi connectivity index (χ4v) is 4.10. The van der Waals surface area contributed by atoms with Gasteiger partial charge in [0.2, 0.25) is 5.91 Å². The Kier molecular flexibility index (Phi) is 5.55. The van der Waals surface area contributed by atoms with Crippen LogP contribution in [0.2, 0.25) is 0 Å². The zero-order valence-corrected chi connectivity index (χ0v) is 17.7. The van der Waals surface area contributed by atoms with Crippen LogP contribution in [-0.2, 0) is 11.3 Å². The Balaban J connectivity index is 1.64. The quantitative estimate of drug-likeness (QED) is 0.247. The van der Waals surface area contributed by atoms with E-state index in [0.717, 1.165) is 15.4 Å². The van der Waals surface area contributed by atoms with Gasteiger partial charge in [0.1, 0.15) is 11.0 Å². The van der Waals surface area contributed by atoms with Crippen LogP contribution < -0.4 is 10.9 Å². The van der Waals surface area contributed by atoms with Crippen LogP contribution >= 0.6 is 27.7 Å². The van der Waals surface area contributed by atoms with Crippen LogP contribution in [0, 0.1) is 0 Å². The standard InChI is InChI=1S/C21H17BrN4O2S/c1-2-11-26-20(28)19-18(15-5-3-4-6-16(15)24-19)25-21(26)29-12-17(27)23-14-9-7-13(22)8-10-14/h2-10,24H,1,11-12H2,(H,23,27). The number of anilines is 1. The van der Waals surface area contributed by atoms with Gasteiger partial charge < -0.3 is 10.3 Å². The van der Waals surface area contributed by atoms with Crippen molar-refractivity contribution in [2.24, 2.45) is 0 Å². The molecule has 0 aliphatic rings. The number of allylic oxidation sites excluding steroid dienone is 1. The first-order valence-corrected chi connectivity index (χ1v) is 10.6. The number of nitrogens with zero attached hydrogens (tertiary/aromatic N) is 2. The summed E-state index contributed by atoms with van der Waals surface area (Å²) in [5.41, 5.74) is 2.45. The number of thioether (sulfide) groups is 1. The third-order valence-electron chi connectivity index (χ3n) is 4.35. The second kappa shape index (κ2) is 8.26. The van der Waals surface area contributed by atoms with Crippen molar-refractivity contribution in [3.63, 3.8) is 0 Å². The van der Waals surface area contributed by atoms with E-state index in [1.165, 1.54) is 16.3 Å². The third-order valence-corrected chi connectivity index (χ3v) is 5.85. The minimum atomic E-state index is -0.179. The average Bonchev–Trinajstić information content (AvgIpc) is 3.09. The first kappa shape index (κ1) is 19.5. The van der Waals surface area contributed by atoms with Gasteiger partial charge in [0.25, 0.3) is 5.56 Å². The van der Waals surface area contributed by atoms with Crippen molar-refractivity contribution in [3.8, 4) is 0 Å². The lowest BCUT2D eigenvalue weighted by Crippen LogP contribution is -2.23. The SMILES string of the molecule is C=CCn1c(SCC(=O)Nc2ccc(Br)cc2)nc2c([nH]c3ccccc32)c1=O. The van der Waals surface area contributed by atoms with Crippen LogP contribution in [0.4, 0.5) is 5.69 Å². The number of amides is 1. The Bertz CT molecular complexity index is 1280. The molecular weight excluding hydrogens is 452 g/mol. The molecule has 8 heteroatoms. The van der Waals surface area contributed by atoms with E-state index in [1.807, 2.05) is 48.5 Å². The highest BCUT2D eigenvalue weighted by Crippen LogP contribution is 2.25. The van der Waals surface area contributed by atoms with Crippen molar-refractivity contribution >= 4 is 61.2 Å². The second-order valence-corrected chi connectivity index (χ2v) is 8.19. The average molecular weight is 469 g/mol. The summed E-state index contributed by atoms with van der Waals surface area (Å²) in [6, 6.07) is 15.0. The molecule has 4 rings (SSSR count). The van der Waals surface area contributed by atoms with Crippen LogP contribution in [0.25, 0.3) is 21.9 Å². The van der Waals surface area contributed by atoms with E-state index in [-0.39, 0.29) is 17.2 Å². The monoisotopic (exact) mass is 468 g/mol. The smallest absolute Gasteiger partial charge is 0.278 e. The van der Waals surface area contributed by atoms with E-state index >= 15 is 0 Å². The molecule has 0 aliphatic heterocycles. The number of H-pyrrole nitrogens is 1. The molecule has 0 fully saturated rings. The number of hydrogen-bond acceptors (Lipinski definition) is 4. The van der Waals surface area contributed by atoms with E-state index in [1.54, 1.807) is 6.08 Å². The number of para-hydroxylation sites is 1. The van der Waals surface area contributed by atoms with Crippen molar-refractivity contribution in [2.45, 2.75) is 11.7 Å². The summed E-state index contributed by atoms with van der Waals surface area (Å²) in [5, 5.41) is 4.21. The summed E-state index contributed by atoms with van der Waals surface area (Å²) >= 11 is 4.60. The largest absolute Gasteiger partial charge is 0.349 e. The molecule has 0 unspecified atom stereocenters. The summed E-state index contributed by atoms with van der Waals surface area (Å²) in [4.78, 5) is 33.2. The lowest BCUT2D eigenvalue weighted by atomic mass is 10.2.